The number of para-hydroxylation sites is 1. The van der Waals surface area contributed by atoms with Gasteiger partial charge in [0.05, 0.1) is 0 Å². The lowest BCUT2D eigenvalue weighted by Gasteiger charge is -2.10. The van der Waals surface area contributed by atoms with Crippen molar-refractivity contribution in [2.75, 3.05) is 5.32 Å². The van der Waals surface area contributed by atoms with Crippen LogP contribution in [0.15, 0.2) is 54.6 Å². The smallest absolute Gasteiger partial charge is 0.255 e. The third-order valence-corrected chi connectivity index (χ3v) is 4.09. The Kier molecular flexibility index (Phi) is 7.38. The van der Waals surface area contributed by atoms with Gasteiger partial charge in [-0.15, -0.1) is 0 Å². The van der Waals surface area contributed by atoms with E-state index in [2.05, 4.69) is 18.3 Å². The van der Waals surface area contributed by atoms with E-state index < -0.39 is 0 Å². The third kappa shape index (κ3) is 5.90. The first-order valence-corrected chi connectivity index (χ1v) is 8.75. The minimum atomic E-state index is -0.0159. The van der Waals surface area contributed by atoms with Crippen molar-refractivity contribution < 1.29 is 4.79 Å². The number of amides is 1. The lowest BCUT2D eigenvalue weighted by atomic mass is 10.00. The van der Waals surface area contributed by atoms with Gasteiger partial charge >= 0.3 is 0 Å². The molecule has 1 amide bonds. The van der Waals surface area contributed by atoms with Gasteiger partial charge in [-0.3, -0.25) is 4.79 Å². The summed E-state index contributed by atoms with van der Waals surface area (Å²) in [6.45, 7) is 2.24. The molecule has 0 radical (unpaired) electrons. The van der Waals surface area contributed by atoms with E-state index in [4.69, 9.17) is 0 Å². The number of carbonyl (C=O) groups excluding carboxylic acids is 1. The summed E-state index contributed by atoms with van der Waals surface area (Å²) in [5, 5.41) is 2.98. The van der Waals surface area contributed by atoms with Gasteiger partial charge in [0.25, 0.3) is 5.91 Å². The average molecular weight is 309 g/mol. The fourth-order valence-electron chi connectivity index (χ4n) is 2.78. The van der Waals surface area contributed by atoms with E-state index in [9.17, 15) is 4.79 Å². The molecule has 0 saturated carbocycles. The van der Waals surface area contributed by atoms with Gasteiger partial charge in [-0.05, 0) is 36.6 Å². The Balaban J connectivity index is 1.90. The van der Waals surface area contributed by atoms with Gasteiger partial charge < -0.3 is 5.32 Å². The number of nitrogens with one attached hydrogen (secondary N) is 1. The highest BCUT2D eigenvalue weighted by atomic mass is 16.1. The topological polar surface area (TPSA) is 29.1 Å². The Morgan fingerprint density at radius 3 is 2.26 bits per heavy atom. The van der Waals surface area contributed by atoms with Crippen LogP contribution in [0.25, 0.3) is 0 Å². The molecule has 122 valence electrons. The zero-order chi connectivity index (χ0) is 16.3. The lowest BCUT2D eigenvalue weighted by molar-refractivity contribution is 0.102. The molecule has 0 unspecified atom stereocenters. The van der Waals surface area contributed by atoms with Gasteiger partial charge in [0.15, 0.2) is 0 Å². The number of anilines is 1. The van der Waals surface area contributed by atoms with Gasteiger partial charge in [0, 0.05) is 11.3 Å². The molecule has 0 aliphatic rings. The van der Waals surface area contributed by atoms with E-state index >= 15 is 0 Å². The number of benzene rings is 2. The molecule has 2 nitrogen and oxygen atoms in total. The summed E-state index contributed by atoms with van der Waals surface area (Å²) in [4.78, 5) is 12.5. The molecule has 0 aliphatic heterocycles. The van der Waals surface area contributed by atoms with Gasteiger partial charge in [0.1, 0.15) is 0 Å². The SMILES string of the molecule is CCCCCCCCc1ccccc1C(=O)Nc1ccccc1. The number of hydrogen-bond acceptors (Lipinski definition) is 1. The van der Waals surface area contributed by atoms with Gasteiger partial charge in [0.2, 0.25) is 0 Å². The second kappa shape index (κ2) is 9.83. The Morgan fingerprint density at radius 1 is 0.826 bits per heavy atom. The van der Waals surface area contributed by atoms with E-state index in [0.29, 0.717) is 0 Å². The monoisotopic (exact) mass is 309 g/mol. The predicted molar refractivity (Wildman–Crippen MR) is 97.9 cm³/mol. The zero-order valence-corrected chi connectivity index (χ0v) is 14.1. The Bertz CT molecular complexity index is 592. The van der Waals surface area contributed by atoms with Crippen LogP contribution in [-0.4, -0.2) is 5.91 Å². The van der Waals surface area contributed by atoms with Gasteiger partial charge in [-0.2, -0.15) is 0 Å². The summed E-state index contributed by atoms with van der Waals surface area (Å²) < 4.78 is 0. The third-order valence-electron chi connectivity index (χ3n) is 4.09. The standard InChI is InChI=1S/C21H27NO/c1-2-3-4-5-6-8-13-18-14-11-12-17-20(18)21(23)22-19-15-9-7-10-16-19/h7,9-12,14-17H,2-6,8,13H2,1H3,(H,22,23). The van der Waals surface area contributed by atoms with Crippen molar-refractivity contribution in [2.24, 2.45) is 0 Å². The minimum absolute atomic E-state index is 0.0159. The molecule has 0 saturated heterocycles. The van der Waals surface area contributed by atoms with E-state index in [-0.39, 0.29) is 5.91 Å². The molecule has 23 heavy (non-hydrogen) atoms. The molecule has 0 bridgehead atoms. The van der Waals surface area contributed by atoms with Gasteiger partial charge in [-0.1, -0.05) is 75.4 Å². The maximum Gasteiger partial charge on any atom is 0.255 e. The number of hydrogen-bond donors (Lipinski definition) is 1. The van der Waals surface area contributed by atoms with Crippen molar-refractivity contribution in [1.29, 1.82) is 0 Å². The molecular weight excluding hydrogens is 282 g/mol. The molecule has 0 aliphatic carbocycles. The molecule has 0 fully saturated rings. The van der Waals surface area contributed by atoms with E-state index in [1.807, 2.05) is 48.5 Å². The molecule has 2 rings (SSSR count). The second-order valence-electron chi connectivity index (χ2n) is 6.00. The van der Waals surface area contributed by atoms with Crippen LogP contribution in [0.2, 0.25) is 0 Å². The molecule has 2 aromatic rings. The van der Waals surface area contributed by atoms with Crippen molar-refractivity contribution in [3.63, 3.8) is 0 Å². The largest absolute Gasteiger partial charge is 0.322 e. The molecule has 0 atom stereocenters. The maximum absolute atomic E-state index is 12.5. The van der Waals surface area contributed by atoms with Crippen molar-refractivity contribution in [3.05, 3.63) is 65.7 Å². The van der Waals surface area contributed by atoms with Crippen LogP contribution < -0.4 is 5.32 Å². The minimum Gasteiger partial charge on any atom is -0.322 e. The Hall–Kier alpha value is -2.09. The van der Waals surface area contributed by atoms with Crippen LogP contribution in [0.1, 0.15) is 61.4 Å². The number of carbonyl (C=O) groups is 1. The summed E-state index contributed by atoms with van der Waals surface area (Å²) in [6, 6.07) is 17.6. The van der Waals surface area contributed by atoms with Gasteiger partial charge in [-0.25, -0.2) is 0 Å². The van der Waals surface area contributed by atoms with Crippen LogP contribution in [0.5, 0.6) is 0 Å². The highest BCUT2D eigenvalue weighted by molar-refractivity contribution is 6.05. The number of rotatable bonds is 9. The summed E-state index contributed by atoms with van der Waals surface area (Å²) in [5.41, 5.74) is 2.79. The fraction of sp³-hybridized carbons (Fsp3) is 0.381. The molecule has 0 spiro atoms. The normalized spacial score (nSPS) is 10.5. The molecule has 0 aromatic heterocycles. The summed E-state index contributed by atoms with van der Waals surface area (Å²) in [6.07, 6.45) is 8.61. The van der Waals surface area contributed by atoms with Crippen molar-refractivity contribution >= 4 is 11.6 Å². The quantitative estimate of drug-likeness (QED) is 0.579. The first-order valence-electron chi connectivity index (χ1n) is 8.75. The van der Waals surface area contributed by atoms with Crippen LogP contribution in [0.4, 0.5) is 5.69 Å². The molecule has 1 N–H and O–H groups in total. The number of unbranched alkanes of at least 4 members (excludes halogenated alkanes) is 5. The first-order chi connectivity index (χ1) is 11.3. The van der Waals surface area contributed by atoms with E-state index in [1.54, 1.807) is 0 Å². The fourth-order valence-corrected chi connectivity index (χ4v) is 2.78. The average Bonchev–Trinajstić information content (AvgIpc) is 2.59. The molecule has 2 heteroatoms. The van der Waals surface area contributed by atoms with Crippen molar-refractivity contribution in [3.8, 4) is 0 Å². The van der Waals surface area contributed by atoms with E-state index in [0.717, 1.165) is 29.7 Å². The van der Waals surface area contributed by atoms with Crippen LogP contribution in [0, 0.1) is 0 Å². The lowest BCUT2D eigenvalue weighted by Crippen LogP contribution is -2.14. The highest BCUT2D eigenvalue weighted by Gasteiger charge is 2.10. The van der Waals surface area contributed by atoms with Crippen LogP contribution >= 0.6 is 0 Å². The zero-order valence-electron chi connectivity index (χ0n) is 14.1. The molecule has 2 aromatic carbocycles. The predicted octanol–water partition coefficient (Wildman–Crippen LogP) is 5.84. The van der Waals surface area contributed by atoms with Crippen molar-refractivity contribution in [2.45, 2.75) is 51.9 Å². The molecular formula is C21H27NO. The summed E-state index contributed by atoms with van der Waals surface area (Å²) in [5.74, 6) is -0.0159. The Labute approximate surface area is 139 Å². The Morgan fingerprint density at radius 2 is 1.48 bits per heavy atom. The van der Waals surface area contributed by atoms with Crippen LogP contribution in [-0.2, 0) is 6.42 Å². The summed E-state index contributed by atoms with van der Waals surface area (Å²) >= 11 is 0. The van der Waals surface area contributed by atoms with Crippen molar-refractivity contribution in [1.82, 2.24) is 0 Å². The summed E-state index contributed by atoms with van der Waals surface area (Å²) in [7, 11) is 0. The van der Waals surface area contributed by atoms with E-state index in [1.165, 1.54) is 32.1 Å². The second-order valence-corrected chi connectivity index (χ2v) is 6.00. The highest BCUT2D eigenvalue weighted by Crippen LogP contribution is 2.16. The maximum atomic E-state index is 12.5. The first kappa shape index (κ1) is 17.3. The van der Waals surface area contributed by atoms with Crippen LogP contribution in [0.3, 0.4) is 0 Å². The number of aryl methyl sites for hydroxylation is 1. The molecule has 0 heterocycles.